The number of fused-ring (bicyclic) bond motifs is 3. The molecule has 5 heteroatoms. The second kappa shape index (κ2) is 7.08. The third-order valence-electron chi connectivity index (χ3n) is 5.62. The number of nitrogens with one attached hydrogen (secondary N) is 1. The third kappa shape index (κ3) is 3.13. The van der Waals surface area contributed by atoms with Crippen molar-refractivity contribution in [3.05, 3.63) is 29.8 Å². The highest BCUT2D eigenvalue weighted by atomic mass is 16.5. The minimum atomic E-state index is 0.00442. The van der Waals surface area contributed by atoms with Crippen molar-refractivity contribution < 1.29 is 9.53 Å². The Morgan fingerprint density at radius 2 is 2.04 bits per heavy atom. The van der Waals surface area contributed by atoms with Gasteiger partial charge in [0.15, 0.2) is 0 Å². The van der Waals surface area contributed by atoms with E-state index in [1.807, 2.05) is 18.2 Å². The van der Waals surface area contributed by atoms with Gasteiger partial charge in [-0.1, -0.05) is 25.1 Å². The topological polar surface area (TPSA) is 46.5 Å². The van der Waals surface area contributed by atoms with Gasteiger partial charge >= 0.3 is 0 Å². The van der Waals surface area contributed by atoms with Crippen molar-refractivity contribution in [2.45, 2.75) is 32.7 Å². The van der Waals surface area contributed by atoms with Gasteiger partial charge in [-0.15, -0.1) is 0 Å². The largest absolute Gasteiger partial charge is 0.478 e. The van der Waals surface area contributed by atoms with Crippen molar-refractivity contribution in [3.63, 3.8) is 0 Å². The second-order valence-electron chi connectivity index (χ2n) is 7.14. The number of carbonyl (C=O) groups is 1. The lowest BCUT2D eigenvalue weighted by molar-refractivity contribution is 0.0932. The number of likely N-dealkylation sites (tertiary alicyclic amines) is 1. The lowest BCUT2D eigenvalue weighted by Gasteiger charge is -2.31. The minimum absolute atomic E-state index is 0.00442. The Labute approximate surface area is 148 Å². The van der Waals surface area contributed by atoms with Crippen LogP contribution in [0.2, 0.25) is 0 Å². The molecule has 1 saturated heterocycles. The van der Waals surface area contributed by atoms with Gasteiger partial charge in [-0.3, -0.25) is 4.79 Å². The van der Waals surface area contributed by atoms with Crippen LogP contribution in [0.1, 0.15) is 36.5 Å². The number of benzene rings is 1. The Bertz CT molecular complexity index is 760. The van der Waals surface area contributed by atoms with E-state index in [2.05, 4.69) is 27.8 Å². The lowest BCUT2D eigenvalue weighted by Crippen LogP contribution is -2.38. The number of amides is 1. The molecule has 1 fully saturated rings. The van der Waals surface area contributed by atoms with Crippen LogP contribution < -0.4 is 10.1 Å². The predicted molar refractivity (Wildman–Crippen MR) is 99.2 cm³/mol. The summed E-state index contributed by atoms with van der Waals surface area (Å²) >= 11 is 0. The molecule has 0 saturated carbocycles. The summed E-state index contributed by atoms with van der Waals surface area (Å²) in [5.41, 5.74) is 1.81. The highest BCUT2D eigenvalue weighted by molar-refractivity contribution is 6.09. The SMILES string of the molecule is CCN1CCC(CNC(=O)c2c3n(c4ccccc24)CCCO3)CC1. The number of para-hydroxylation sites is 1. The summed E-state index contributed by atoms with van der Waals surface area (Å²) in [5, 5.41) is 4.18. The van der Waals surface area contributed by atoms with Crippen LogP contribution in [-0.4, -0.2) is 48.2 Å². The maximum atomic E-state index is 12.9. The Hall–Kier alpha value is -2.01. The number of aryl methyl sites for hydroxylation is 1. The first-order valence-corrected chi connectivity index (χ1v) is 9.52. The van der Waals surface area contributed by atoms with Crippen LogP contribution >= 0.6 is 0 Å². The Morgan fingerprint density at radius 1 is 1.24 bits per heavy atom. The van der Waals surface area contributed by atoms with Crippen LogP contribution in [0.15, 0.2) is 24.3 Å². The molecule has 2 aliphatic rings. The van der Waals surface area contributed by atoms with E-state index in [4.69, 9.17) is 4.74 Å². The molecule has 0 atom stereocenters. The monoisotopic (exact) mass is 341 g/mol. The predicted octanol–water partition coefficient (Wildman–Crippen LogP) is 2.89. The van der Waals surface area contributed by atoms with E-state index in [-0.39, 0.29) is 5.91 Å². The fourth-order valence-electron chi connectivity index (χ4n) is 4.10. The summed E-state index contributed by atoms with van der Waals surface area (Å²) in [6.07, 6.45) is 3.32. The average Bonchev–Trinajstić information content (AvgIpc) is 3.01. The number of nitrogens with zero attached hydrogens (tertiary/aromatic N) is 2. The zero-order valence-electron chi connectivity index (χ0n) is 15.0. The fraction of sp³-hybridized carbons (Fsp3) is 0.550. The molecule has 0 spiro atoms. The summed E-state index contributed by atoms with van der Waals surface area (Å²) in [6.45, 7) is 7.98. The summed E-state index contributed by atoms with van der Waals surface area (Å²) < 4.78 is 8.02. The summed E-state index contributed by atoms with van der Waals surface area (Å²) in [7, 11) is 0. The molecule has 2 aliphatic heterocycles. The van der Waals surface area contributed by atoms with Crippen LogP contribution in [0.5, 0.6) is 5.88 Å². The van der Waals surface area contributed by atoms with Gasteiger partial charge in [-0.2, -0.15) is 0 Å². The molecule has 4 rings (SSSR count). The van der Waals surface area contributed by atoms with Crippen LogP contribution in [0.3, 0.4) is 0 Å². The first kappa shape index (κ1) is 16.5. The van der Waals surface area contributed by atoms with E-state index in [1.165, 1.54) is 12.8 Å². The molecule has 1 amide bonds. The maximum absolute atomic E-state index is 12.9. The highest BCUT2D eigenvalue weighted by Gasteiger charge is 2.26. The summed E-state index contributed by atoms with van der Waals surface area (Å²) in [4.78, 5) is 15.4. The zero-order chi connectivity index (χ0) is 17.2. The van der Waals surface area contributed by atoms with Crippen molar-refractivity contribution in [1.82, 2.24) is 14.8 Å². The van der Waals surface area contributed by atoms with Crippen molar-refractivity contribution >= 4 is 16.8 Å². The van der Waals surface area contributed by atoms with E-state index >= 15 is 0 Å². The number of hydrogen-bond acceptors (Lipinski definition) is 3. The Morgan fingerprint density at radius 3 is 2.84 bits per heavy atom. The van der Waals surface area contributed by atoms with E-state index < -0.39 is 0 Å². The number of carbonyl (C=O) groups excluding carboxylic acids is 1. The highest BCUT2D eigenvalue weighted by Crippen LogP contribution is 2.34. The second-order valence-corrected chi connectivity index (χ2v) is 7.14. The molecule has 2 aromatic rings. The molecular formula is C20H27N3O2. The van der Waals surface area contributed by atoms with E-state index in [0.29, 0.717) is 18.1 Å². The minimum Gasteiger partial charge on any atom is -0.478 e. The fourth-order valence-corrected chi connectivity index (χ4v) is 4.10. The van der Waals surface area contributed by atoms with Gasteiger partial charge in [0.05, 0.1) is 12.1 Å². The Kier molecular flexibility index (Phi) is 4.66. The summed E-state index contributed by atoms with van der Waals surface area (Å²) in [6, 6.07) is 8.11. The van der Waals surface area contributed by atoms with Gasteiger partial charge in [-0.05, 0) is 50.9 Å². The molecule has 1 aromatic heterocycles. The molecule has 134 valence electrons. The van der Waals surface area contributed by atoms with E-state index in [0.717, 1.165) is 55.9 Å². The van der Waals surface area contributed by atoms with Crippen molar-refractivity contribution in [2.75, 3.05) is 32.8 Å². The van der Waals surface area contributed by atoms with Gasteiger partial charge in [-0.25, -0.2) is 0 Å². The van der Waals surface area contributed by atoms with Crippen molar-refractivity contribution in [3.8, 4) is 5.88 Å². The quantitative estimate of drug-likeness (QED) is 0.930. The molecule has 0 bridgehead atoms. The van der Waals surface area contributed by atoms with Gasteiger partial charge < -0.3 is 19.5 Å². The number of ether oxygens (including phenoxy) is 1. The molecule has 3 heterocycles. The summed E-state index contributed by atoms with van der Waals surface area (Å²) in [5.74, 6) is 1.33. The maximum Gasteiger partial charge on any atom is 0.257 e. The number of hydrogen-bond donors (Lipinski definition) is 1. The van der Waals surface area contributed by atoms with E-state index in [9.17, 15) is 4.79 Å². The van der Waals surface area contributed by atoms with Crippen LogP contribution in [0, 0.1) is 5.92 Å². The average molecular weight is 341 g/mol. The molecule has 1 N–H and O–H groups in total. The smallest absolute Gasteiger partial charge is 0.257 e. The van der Waals surface area contributed by atoms with Crippen LogP contribution in [0.25, 0.3) is 10.9 Å². The molecule has 25 heavy (non-hydrogen) atoms. The van der Waals surface area contributed by atoms with Crippen LogP contribution in [0.4, 0.5) is 0 Å². The standard InChI is InChI=1S/C20H27N3O2/c1-2-22-11-8-15(9-12-22)14-21-19(24)18-16-6-3-4-7-17(16)23-10-5-13-25-20(18)23/h3-4,6-7,15H,2,5,8-14H2,1H3,(H,21,24). The molecule has 0 aliphatic carbocycles. The molecule has 1 aromatic carbocycles. The molecule has 5 nitrogen and oxygen atoms in total. The van der Waals surface area contributed by atoms with Crippen molar-refractivity contribution in [1.29, 1.82) is 0 Å². The Balaban J connectivity index is 1.51. The zero-order valence-corrected chi connectivity index (χ0v) is 15.0. The van der Waals surface area contributed by atoms with Gasteiger partial charge in [0.1, 0.15) is 5.56 Å². The third-order valence-corrected chi connectivity index (χ3v) is 5.62. The van der Waals surface area contributed by atoms with Crippen LogP contribution in [-0.2, 0) is 6.54 Å². The van der Waals surface area contributed by atoms with Gasteiger partial charge in [0.25, 0.3) is 5.91 Å². The van der Waals surface area contributed by atoms with Crippen molar-refractivity contribution in [2.24, 2.45) is 5.92 Å². The molecular weight excluding hydrogens is 314 g/mol. The first-order chi connectivity index (χ1) is 12.3. The normalized spacial score (nSPS) is 18.8. The molecule has 0 radical (unpaired) electrons. The number of piperidine rings is 1. The number of aromatic nitrogens is 1. The van der Waals surface area contributed by atoms with E-state index in [1.54, 1.807) is 0 Å². The van der Waals surface area contributed by atoms with Gasteiger partial charge in [0.2, 0.25) is 5.88 Å². The first-order valence-electron chi connectivity index (χ1n) is 9.52. The van der Waals surface area contributed by atoms with Gasteiger partial charge in [0, 0.05) is 18.5 Å². The molecule has 0 unspecified atom stereocenters. The lowest BCUT2D eigenvalue weighted by atomic mass is 9.96. The number of rotatable bonds is 4.